The number of allylic oxidation sites excluding steroid dienone is 2. The molecule has 0 unspecified atom stereocenters. The van der Waals surface area contributed by atoms with Gasteiger partial charge < -0.3 is 9.47 Å². The summed E-state index contributed by atoms with van der Waals surface area (Å²) in [6.07, 6.45) is 1.30. The summed E-state index contributed by atoms with van der Waals surface area (Å²) in [6, 6.07) is 18.7. The molecule has 5 heteroatoms. The van der Waals surface area contributed by atoms with E-state index in [4.69, 9.17) is 9.47 Å². The highest BCUT2D eigenvalue weighted by atomic mass is 16.5. The molecule has 1 atom stereocenters. The lowest BCUT2D eigenvalue weighted by atomic mass is 9.71. The lowest BCUT2D eigenvalue weighted by Gasteiger charge is -2.31. The van der Waals surface area contributed by atoms with Crippen molar-refractivity contribution >= 4 is 18.2 Å². The van der Waals surface area contributed by atoms with E-state index in [0.29, 0.717) is 17.6 Å². The standard InChI is InChI=1S/C23H22O5/c1-27-21(25)23(22(26)28-2)14-18(13-16-9-5-3-6-10-16)19(15-24)20(23)17-11-7-4-8-12-17/h3-12,15,20H,13-14H2,1-2H3/t20-/m1/s1. The molecule has 1 aliphatic rings. The summed E-state index contributed by atoms with van der Waals surface area (Å²) in [5.74, 6) is -2.16. The van der Waals surface area contributed by atoms with Gasteiger partial charge in [0.2, 0.25) is 0 Å². The van der Waals surface area contributed by atoms with E-state index in [2.05, 4.69) is 0 Å². The summed E-state index contributed by atoms with van der Waals surface area (Å²) >= 11 is 0. The molecule has 2 aromatic rings. The minimum atomic E-state index is -1.62. The smallest absolute Gasteiger partial charge is 0.324 e. The van der Waals surface area contributed by atoms with E-state index in [1.54, 1.807) is 12.1 Å². The van der Waals surface area contributed by atoms with Crippen LogP contribution in [0.2, 0.25) is 0 Å². The van der Waals surface area contributed by atoms with Crippen LogP contribution in [0.15, 0.2) is 71.8 Å². The topological polar surface area (TPSA) is 69.7 Å². The zero-order valence-corrected chi connectivity index (χ0v) is 15.9. The second-order valence-electron chi connectivity index (χ2n) is 6.81. The lowest BCUT2D eigenvalue weighted by molar-refractivity contribution is -0.169. The van der Waals surface area contributed by atoms with Gasteiger partial charge in [-0.2, -0.15) is 0 Å². The van der Waals surface area contributed by atoms with Crippen molar-refractivity contribution in [3.05, 3.63) is 82.9 Å². The summed E-state index contributed by atoms with van der Waals surface area (Å²) in [5.41, 5.74) is 1.25. The predicted octanol–water partition coefficient (Wildman–Crippen LogP) is 3.24. The second kappa shape index (κ2) is 8.21. The van der Waals surface area contributed by atoms with Gasteiger partial charge in [0, 0.05) is 11.5 Å². The molecule has 5 nitrogen and oxygen atoms in total. The van der Waals surface area contributed by atoms with Gasteiger partial charge >= 0.3 is 11.9 Å². The molecule has 28 heavy (non-hydrogen) atoms. The van der Waals surface area contributed by atoms with Crippen LogP contribution in [0.4, 0.5) is 0 Å². The van der Waals surface area contributed by atoms with Gasteiger partial charge in [-0.3, -0.25) is 14.4 Å². The van der Waals surface area contributed by atoms with Crippen LogP contribution in [0.3, 0.4) is 0 Å². The van der Waals surface area contributed by atoms with Crippen LogP contribution in [0.25, 0.3) is 0 Å². The highest BCUT2D eigenvalue weighted by molar-refractivity contribution is 6.05. The summed E-state index contributed by atoms with van der Waals surface area (Å²) in [4.78, 5) is 38.0. The number of methoxy groups -OCH3 is 2. The van der Waals surface area contributed by atoms with E-state index in [-0.39, 0.29) is 6.42 Å². The van der Waals surface area contributed by atoms with E-state index in [9.17, 15) is 14.4 Å². The van der Waals surface area contributed by atoms with Gasteiger partial charge in [0.15, 0.2) is 5.41 Å². The molecule has 144 valence electrons. The molecule has 0 heterocycles. The average molecular weight is 378 g/mol. The highest BCUT2D eigenvalue weighted by Gasteiger charge is 2.60. The van der Waals surface area contributed by atoms with E-state index in [1.807, 2.05) is 48.5 Å². The molecule has 0 aromatic heterocycles. The summed E-state index contributed by atoms with van der Waals surface area (Å²) in [5, 5.41) is 0. The number of esters is 2. The van der Waals surface area contributed by atoms with Crippen LogP contribution in [-0.4, -0.2) is 32.4 Å². The Labute approximate surface area is 164 Å². The molecule has 0 spiro atoms. The molecule has 1 aliphatic carbocycles. The third kappa shape index (κ3) is 3.24. The normalized spacial score (nSPS) is 17.9. The number of rotatable bonds is 6. The minimum Gasteiger partial charge on any atom is -0.468 e. The zero-order chi connectivity index (χ0) is 20.1. The first-order chi connectivity index (χ1) is 13.6. The third-order valence-electron chi connectivity index (χ3n) is 5.32. The lowest BCUT2D eigenvalue weighted by Crippen LogP contribution is -2.44. The van der Waals surface area contributed by atoms with E-state index < -0.39 is 23.3 Å². The first-order valence-electron chi connectivity index (χ1n) is 9.01. The van der Waals surface area contributed by atoms with E-state index in [0.717, 1.165) is 17.4 Å². The van der Waals surface area contributed by atoms with Crippen LogP contribution >= 0.6 is 0 Å². The molecule has 0 amide bonds. The molecule has 0 saturated heterocycles. The monoisotopic (exact) mass is 378 g/mol. The minimum absolute atomic E-state index is 0.0782. The van der Waals surface area contributed by atoms with Gasteiger partial charge in [-0.25, -0.2) is 0 Å². The van der Waals surface area contributed by atoms with Crippen molar-refractivity contribution < 1.29 is 23.9 Å². The zero-order valence-electron chi connectivity index (χ0n) is 15.9. The number of carbonyl (C=O) groups excluding carboxylic acids is 3. The molecule has 0 radical (unpaired) electrons. The Balaban J connectivity index is 2.19. The third-order valence-corrected chi connectivity index (χ3v) is 5.32. The fraction of sp³-hybridized carbons (Fsp3) is 0.261. The second-order valence-corrected chi connectivity index (χ2v) is 6.81. The summed E-state index contributed by atoms with van der Waals surface area (Å²) in [6.45, 7) is 0. The van der Waals surface area contributed by atoms with Crippen LogP contribution in [0.1, 0.15) is 23.5 Å². The molecule has 0 fully saturated rings. The van der Waals surface area contributed by atoms with Gasteiger partial charge in [-0.1, -0.05) is 66.2 Å². The molecule has 0 N–H and O–H groups in total. The number of ether oxygens (including phenoxy) is 2. The van der Waals surface area contributed by atoms with Gasteiger partial charge in [-0.15, -0.1) is 0 Å². The molecule has 3 rings (SSSR count). The SMILES string of the molecule is COC(=O)C1(C(=O)OC)CC(Cc2ccccc2)=C(C=O)[C@H]1c1ccccc1. The Morgan fingerprint density at radius 2 is 1.50 bits per heavy atom. The number of hydrogen-bond donors (Lipinski definition) is 0. The van der Waals surface area contributed by atoms with Crippen LogP contribution < -0.4 is 0 Å². The maximum Gasteiger partial charge on any atom is 0.324 e. The van der Waals surface area contributed by atoms with Crippen LogP contribution in [-0.2, 0) is 30.3 Å². The summed E-state index contributed by atoms with van der Waals surface area (Å²) < 4.78 is 10.0. The van der Waals surface area contributed by atoms with Crippen molar-refractivity contribution in [3.8, 4) is 0 Å². The largest absolute Gasteiger partial charge is 0.468 e. The Kier molecular flexibility index (Phi) is 5.73. The van der Waals surface area contributed by atoms with E-state index in [1.165, 1.54) is 14.2 Å². The molecular formula is C23H22O5. The fourth-order valence-corrected chi connectivity index (χ4v) is 4.11. The average Bonchev–Trinajstić information content (AvgIpc) is 3.08. The number of carbonyl (C=O) groups is 3. The highest BCUT2D eigenvalue weighted by Crippen LogP contribution is 2.54. The van der Waals surface area contributed by atoms with Crippen molar-refractivity contribution in [2.75, 3.05) is 14.2 Å². The van der Waals surface area contributed by atoms with Crippen molar-refractivity contribution in [2.45, 2.75) is 18.8 Å². The van der Waals surface area contributed by atoms with Crippen LogP contribution in [0.5, 0.6) is 0 Å². The van der Waals surface area contributed by atoms with Crippen LogP contribution in [0, 0.1) is 5.41 Å². The quantitative estimate of drug-likeness (QED) is 0.438. The Morgan fingerprint density at radius 1 is 0.964 bits per heavy atom. The predicted molar refractivity (Wildman–Crippen MR) is 104 cm³/mol. The van der Waals surface area contributed by atoms with Crippen molar-refractivity contribution in [2.24, 2.45) is 5.41 Å². The van der Waals surface area contributed by atoms with Crippen molar-refractivity contribution in [3.63, 3.8) is 0 Å². The van der Waals surface area contributed by atoms with Crippen molar-refractivity contribution in [1.82, 2.24) is 0 Å². The number of hydrogen-bond acceptors (Lipinski definition) is 5. The molecule has 2 aromatic carbocycles. The maximum absolute atomic E-state index is 12.9. The first-order valence-corrected chi connectivity index (χ1v) is 9.01. The van der Waals surface area contributed by atoms with E-state index >= 15 is 0 Å². The number of benzene rings is 2. The van der Waals surface area contributed by atoms with Gasteiger partial charge in [0.1, 0.15) is 6.29 Å². The van der Waals surface area contributed by atoms with Gasteiger partial charge in [0.05, 0.1) is 14.2 Å². The fourth-order valence-electron chi connectivity index (χ4n) is 4.11. The molecule has 0 saturated carbocycles. The Bertz CT molecular complexity index is 883. The maximum atomic E-state index is 12.9. The van der Waals surface area contributed by atoms with Gasteiger partial charge in [-0.05, 0) is 24.0 Å². The first kappa shape index (κ1) is 19.5. The summed E-state index contributed by atoms with van der Waals surface area (Å²) in [7, 11) is 2.48. The van der Waals surface area contributed by atoms with Gasteiger partial charge in [0.25, 0.3) is 0 Å². The Hall–Kier alpha value is -3.21. The Morgan fingerprint density at radius 3 is 2.00 bits per heavy atom. The molecular weight excluding hydrogens is 356 g/mol. The number of aldehydes is 1. The molecule has 0 bridgehead atoms. The molecule has 0 aliphatic heterocycles. The van der Waals surface area contributed by atoms with Crippen molar-refractivity contribution in [1.29, 1.82) is 0 Å².